The predicted octanol–water partition coefficient (Wildman–Crippen LogP) is 1.28. The summed E-state index contributed by atoms with van der Waals surface area (Å²) in [6.45, 7) is 2.82. The Morgan fingerprint density at radius 3 is 2.04 bits per heavy atom. The average Bonchev–Trinajstić information content (AvgIpc) is 3.06. The molecule has 1 heterocycles. The van der Waals surface area contributed by atoms with E-state index in [9.17, 15) is 9.59 Å². The largest absolute Gasteiger partial charge is 0.336 e. The SMILES string of the molecule is C[C@H]([NH2+]C(c1ccccc1)c1ccccc1)C(=O)N1CCNC1=O. The third kappa shape index (κ3) is 3.46. The third-order valence-electron chi connectivity index (χ3n) is 4.31. The van der Waals surface area contributed by atoms with Crippen molar-refractivity contribution < 1.29 is 14.9 Å². The van der Waals surface area contributed by atoms with Crippen LogP contribution in [0.2, 0.25) is 0 Å². The summed E-state index contributed by atoms with van der Waals surface area (Å²) in [6.07, 6.45) is 0. The van der Waals surface area contributed by atoms with E-state index in [1.165, 1.54) is 4.90 Å². The first-order chi connectivity index (χ1) is 11.7. The maximum atomic E-state index is 12.6. The molecule has 0 bridgehead atoms. The van der Waals surface area contributed by atoms with Crippen LogP contribution >= 0.6 is 0 Å². The summed E-state index contributed by atoms with van der Waals surface area (Å²) >= 11 is 0. The fourth-order valence-electron chi connectivity index (χ4n) is 3.03. The Balaban J connectivity index is 1.82. The summed E-state index contributed by atoms with van der Waals surface area (Å²) in [7, 11) is 0. The maximum Gasteiger partial charge on any atom is 0.324 e. The minimum Gasteiger partial charge on any atom is -0.336 e. The van der Waals surface area contributed by atoms with Crippen LogP contribution in [0, 0.1) is 0 Å². The Morgan fingerprint density at radius 1 is 1.04 bits per heavy atom. The molecule has 24 heavy (non-hydrogen) atoms. The predicted molar refractivity (Wildman–Crippen MR) is 91.2 cm³/mol. The summed E-state index contributed by atoms with van der Waals surface area (Å²) in [5.74, 6) is -0.151. The molecule has 124 valence electrons. The number of carbonyl (C=O) groups is 2. The third-order valence-corrected chi connectivity index (χ3v) is 4.31. The molecule has 3 N–H and O–H groups in total. The lowest BCUT2D eigenvalue weighted by atomic mass is 9.98. The Hall–Kier alpha value is -2.66. The van der Waals surface area contributed by atoms with Crippen molar-refractivity contribution in [3.8, 4) is 0 Å². The van der Waals surface area contributed by atoms with Gasteiger partial charge in [-0.2, -0.15) is 0 Å². The fraction of sp³-hybridized carbons (Fsp3) is 0.263. The number of hydrogen-bond donors (Lipinski definition) is 2. The lowest BCUT2D eigenvalue weighted by molar-refractivity contribution is -0.705. The average molecular weight is 324 g/mol. The van der Waals surface area contributed by atoms with E-state index in [0.29, 0.717) is 13.1 Å². The van der Waals surface area contributed by atoms with Gasteiger partial charge in [-0.3, -0.25) is 9.69 Å². The number of rotatable bonds is 5. The first-order valence-corrected chi connectivity index (χ1v) is 8.21. The van der Waals surface area contributed by atoms with Crippen LogP contribution in [0.5, 0.6) is 0 Å². The summed E-state index contributed by atoms with van der Waals surface area (Å²) in [4.78, 5) is 25.6. The molecule has 0 saturated carbocycles. The molecule has 1 saturated heterocycles. The summed E-state index contributed by atoms with van der Waals surface area (Å²) in [6, 6.07) is 19.6. The van der Waals surface area contributed by atoms with E-state index in [0.717, 1.165) is 11.1 Å². The molecule has 3 rings (SSSR count). The van der Waals surface area contributed by atoms with E-state index in [2.05, 4.69) is 29.6 Å². The highest BCUT2D eigenvalue weighted by Crippen LogP contribution is 2.18. The van der Waals surface area contributed by atoms with Gasteiger partial charge in [0.15, 0.2) is 6.04 Å². The van der Waals surface area contributed by atoms with E-state index < -0.39 is 0 Å². The molecule has 0 aromatic heterocycles. The van der Waals surface area contributed by atoms with Crippen LogP contribution in [-0.2, 0) is 4.79 Å². The van der Waals surface area contributed by atoms with Crippen molar-refractivity contribution in [3.63, 3.8) is 0 Å². The number of carbonyl (C=O) groups excluding carboxylic acids is 2. The van der Waals surface area contributed by atoms with Gasteiger partial charge in [0.1, 0.15) is 6.04 Å². The van der Waals surface area contributed by atoms with Crippen molar-refractivity contribution in [1.29, 1.82) is 0 Å². The van der Waals surface area contributed by atoms with Crippen molar-refractivity contribution >= 4 is 11.9 Å². The van der Waals surface area contributed by atoms with Crippen LogP contribution in [0.15, 0.2) is 60.7 Å². The second kappa shape index (κ2) is 7.27. The number of amides is 3. The van der Waals surface area contributed by atoms with E-state index in [1.807, 2.05) is 48.6 Å². The van der Waals surface area contributed by atoms with Gasteiger partial charge >= 0.3 is 6.03 Å². The first kappa shape index (κ1) is 16.2. The Morgan fingerprint density at radius 2 is 1.58 bits per heavy atom. The Kier molecular flexibility index (Phi) is 4.91. The molecule has 5 heteroatoms. The van der Waals surface area contributed by atoms with E-state index in [1.54, 1.807) is 0 Å². The molecule has 3 amide bonds. The zero-order valence-electron chi connectivity index (χ0n) is 13.7. The molecule has 2 aromatic carbocycles. The first-order valence-electron chi connectivity index (χ1n) is 8.21. The van der Waals surface area contributed by atoms with Gasteiger partial charge in [0.25, 0.3) is 5.91 Å². The number of urea groups is 1. The van der Waals surface area contributed by atoms with Crippen LogP contribution in [0.4, 0.5) is 4.79 Å². The fourth-order valence-corrected chi connectivity index (χ4v) is 3.03. The monoisotopic (exact) mass is 324 g/mol. The number of quaternary nitrogens is 1. The molecule has 1 aliphatic heterocycles. The number of benzene rings is 2. The highest BCUT2D eigenvalue weighted by molar-refractivity contribution is 5.97. The number of hydrogen-bond acceptors (Lipinski definition) is 2. The van der Waals surface area contributed by atoms with Crippen molar-refractivity contribution in [2.24, 2.45) is 0 Å². The van der Waals surface area contributed by atoms with Crippen LogP contribution in [0.1, 0.15) is 24.1 Å². The molecule has 0 spiro atoms. The molecular weight excluding hydrogens is 302 g/mol. The molecule has 1 aliphatic rings. The number of imide groups is 1. The van der Waals surface area contributed by atoms with Crippen molar-refractivity contribution in [2.45, 2.75) is 19.0 Å². The van der Waals surface area contributed by atoms with Gasteiger partial charge in [0.2, 0.25) is 0 Å². The van der Waals surface area contributed by atoms with Crippen LogP contribution in [-0.4, -0.2) is 36.0 Å². The van der Waals surface area contributed by atoms with Crippen molar-refractivity contribution in [3.05, 3.63) is 71.8 Å². The molecule has 5 nitrogen and oxygen atoms in total. The standard InChI is InChI=1S/C19H21N3O2/c1-14(18(23)22-13-12-20-19(22)24)21-17(15-8-4-2-5-9-15)16-10-6-3-7-11-16/h2-11,14,17,21H,12-13H2,1H3,(H,20,24)/p+1/t14-/m0/s1. The van der Waals surface area contributed by atoms with Crippen LogP contribution < -0.4 is 10.6 Å². The second-order valence-electron chi connectivity index (χ2n) is 6.00. The van der Waals surface area contributed by atoms with Gasteiger partial charge in [-0.15, -0.1) is 0 Å². The van der Waals surface area contributed by atoms with Crippen LogP contribution in [0.25, 0.3) is 0 Å². The van der Waals surface area contributed by atoms with E-state index in [-0.39, 0.29) is 24.0 Å². The number of nitrogens with zero attached hydrogens (tertiary/aromatic N) is 1. The highest BCUT2D eigenvalue weighted by Gasteiger charge is 2.33. The molecule has 1 fully saturated rings. The van der Waals surface area contributed by atoms with Gasteiger partial charge < -0.3 is 10.6 Å². The van der Waals surface area contributed by atoms with Crippen LogP contribution in [0.3, 0.4) is 0 Å². The summed E-state index contributed by atoms with van der Waals surface area (Å²) in [5.41, 5.74) is 2.27. The molecule has 1 atom stereocenters. The summed E-state index contributed by atoms with van der Waals surface area (Å²) < 4.78 is 0. The molecule has 0 radical (unpaired) electrons. The van der Waals surface area contributed by atoms with Crippen molar-refractivity contribution in [1.82, 2.24) is 10.2 Å². The smallest absolute Gasteiger partial charge is 0.324 e. The van der Waals surface area contributed by atoms with Crippen molar-refractivity contribution in [2.75, 3.05) is 13.1 Å². The van der Waals surface area contributed by atoms with E-state index in [4.69, 9.17) is 0 Å². The minimum absolute atomic E-state index is 0.0111. The van der Waals surface area contributed by atoms with Gasteiger partial charge in [-0.25, -0.2) is 4.79 Å². The van der Waals surface area contributed by atoms with Gasteiger partial charge in [0, 0.05) is 24.2 Å². The summed E-state index contributed by atoms with van der Waals surface area (Å²) in [5, 5.41) is 4.70. The maximum absolute atomic E-state index is 12.6. The molecular formula is C19H22N3O2+. The van der Waals surface area contributed by atoms with Gasteiger partial charge in [0.05, 0.1) is 0 Å². The normalized spacial score (nSPS) is 15.4. The quantitative estimate of drug-likeness (QED) is 0.870. The van der Waals surface area contributed by atoms with Gasteiger partial charge in [-0.05, 0) is 6.92 Å². The second-order valence-corrected chi connectivity index (χ2v) is 6.00. The Bertz CT molecular complexity index is 664. The molecule has 0 unspecified atom stereocenters. The Labute approximate surface area is 141 Å². The zero-order chi connectivity index (χ0) is 16.9. The van der Waals surface area contributed by atoms with Gasteiger partial charge in [-0.1, -0.05) is 60.7 Å². The lowest BCUT2D eigenvalue weighted by Crippen LogP contribution is -2.92. The number of nitrogens with one attached hydrogen (secondary N) is 1. The topological polar surface area (TPSA) is 66.0 Å². The highest BCUT2D eigenvalue weighted by atomic mass is 16.2. The number of nitrogens with two attached hydrogens (primary N) is 1. The minimum atomic E-state index is -0.348. The van der Waals surface area contributed by atoms with E-state index >= 15 is 0 Å². The molecule has 2 aromatic rings. The lowest BCUT2D eigenvalue weighted by Gasteiger charge is -2.22. The zero-order valence-corrected chi connectivity index (χ0v) is 13.7. The molecule has 0 aliphatic carbocycles.